The first-order valence-corrected chi connectivity index (χ1v) is 43.4. The fourth-order valence-corrected chi connectivity index (χ4v) is 17.7. The van der Waals surface area contributed by atoms with E-state index in [4.69, 9.17) is 56.8 Å². The zero-order valence-electron chi connectivity index (χ0n) is 74.9. The number of esters is 10. The fourth-order valence-electron chi connectivity index (χ4n) is 17.7. The van der Waals surface area contributed by atoms with E-state index in [0.29, 0.717) is 140 Å². The van der Waals surface area contributed by atoms with Gasteiger partial charge in [0.2, 0.25) is 41.1 Å². The number of aliphatic hydroxyl groups excluding tert-OH is 1. The van der Waals surface area contributed by atoms with Crippen molar-refractivity contribution in [3.05, 3.63) is 200 Å². The molecule has 28 N–H and O–H groups in total. The third-order valence-electron chi connectivity index (χ3n) is 25.2. The van der Waals surface area contributed by atoms with Crippen molar-refractivity contribution in [3.8, 4) is 184 Å². The first-order valence-electron chi connectivity index (χ1n) is 43.4. The molecule has 2 saturated heterocycles. The molecule has 0 radical (unpaired) electrons. The molecule has 11 aromatic rings. The number of ether oxygens (including phenoxy) is 12. The summed E-state index contributed by atoms with van der Waals surface area (Å²) in [5.41, 5.74) is -9.18. The van der Waals surface area contributed by atoms with Gasteiger partial charge in [-0.2, -0.15) is 0 Å². The SMILES string of the molecule is O=C(OC[C@H]1O[C@@H](OC(=O)c2cc(O)c(O)c(OC(=O)c3cc(O)c(O)c(O)c3)c2)[C@H](OC(=O)c2cc(O)c(O)c(OC(=O)c3cc(O)c(O)c(O)c3)c2)[C@@H](OC(=O)c2cc(O)c(O)c(OC(=O)c3cc(O)c(O)c(O)c3)c2)[C@@H]1OC(=O)c1cc(O)c(O)c(OC(=O)c2cc(O)c(O)c(O)c2)c1)c1cc(O)c(O)c(OC(=O)c2cc(O)c(O)c(O)c2)c1.Oc1ccc2c3c1O[C@H]1[C@@H](O)CC[C@@]4(O)[C@@H](C2)N(CC2CCC2)CC[C@]314. The minimum Gasteiger partial charge on any atom is -0.504 e. The van der Waals surface area contributed by atoms with E-state index in [-0.39, 0.29) is 11.8 Å². The molecule has 772 valence electrons. The van der Waals surface area contributed by atoms with Crippen molar-refractivity contribution in [1.29, 1.82) is 0 Å². The van der Waals surface area contributed by atoms with E-state index in [2.05, 4.69) is 4.90 Å². The lowest BCUT2D eigenvalue weighted by Crippen LogP contribution is -2.77. The molecule has 0 aromatic heterocycles. The van der Waals surface area contributed by atoms with Crippen LogP contribution in [-0.2, 0) is 40.3 Å². The van der Waals surface area contributed by atoms with Gasteiger partial charge in [0.1, 0.15) is 18.8 Å². The van der Waals surface area contributed by atoms with E-state index in [1.807, 2.05) is 6.07 Å². The first kappa shape index (κ1) is 102. The average Bonchev–Trinajstić information content (AvgIpc) is 1.51. The highest BCUT2D eigenvalue weighted by atomic mass is 16.8. The van der Waals surface area contributed by atoms with Gasteiger partial charge in [0.15, 0.2) is 167 Å². The summed E-state index contributed by atoms with van der Waals surface area (Å²) < 4.78 is 66.6. The van der Waals surface area contributed by atoms with Crippen LogP contribution in [0.3, 0.4) is 0 Å². The first-order chi connectivity index (χ1) is 69.9. The second-order valence-corrected chi connectivity index (χ2v) is 34.4. The highest BCUT2D eigenvalue weighted by Gasteiger charge is 2.73. The van der Waals surface area contributed by atoms with Crippen molar-refractivity contribution in [3.63, 3.8) is 0 Å². The van der Waals surface area contributed by atoms with Crippen LogP contribution < -0.4 is 28.4 Å². The molecule has 11 aromatic carbocycles. The van der Waals surface area contributed by atoms with Crippen molar-refractivity contribution in [2.24, 2.45) is 5.92 Å². The number of hydrogen-bond donors (Lipinski definition) is 28. The number of phenols is 26. The van der Waals surface area contributed by atoms with Gasteiger partial charge >= 0.3 is 59.7 Å². The van der Waals surface area contributed by atoms with E-state index in [1.54, 1.807) is 6.07 Å². The monoisotopic (exact) mass is 2060 g/mol. The number of aromatic hydroxyl groups is 26. The summed E-state index contributed by atoms with van der Waals surface area (Å²) in [4.78, 5) is 145. The summed E-state index contributed by atoms with van der Waals surface area (Å²) in [6, 6.07) is 12.4. The summed E-state index contributed by atoms with van der Waals surface area (Å²) in [5.74, 6) is -54.5. The van der Waals surface area contributed by atoms with Crippen molar-refractivity contribution >= 4 is 59.7 Å². The van der Waals surface area contributed by atoms with Crippen molar-refractivity contribution in [2.45, 2.75) is 105 Å². The highest BCUT2D eigenvalue weighted by molar-refractivity contribution is 6.00. The van der Waals surface area contributed by atoms with E-state index in [0.717, 1.165) is 37.4 Å². The van der Waals surface area contributed by atoms with Gasteiger partial charge in [-0.05, 0) is 184 Å². The Labute approximate surface area is 823 Å². The van der Waals surface area contributed by atoms with Crippen LogP contribution in [-0.4, -0.2) is 282 Å². The lowest BCUT2D eigenvalue weighted by atomic mass is 9.48. The largest absolute Gasteiger partial charge is 0.504 e. The van der Waals surface area contributed by atoms with Crippen LogP contribution in [0.15, 0.2) is 133 Å². The number of carbonyl (C=O) groups excluding carboxylic acids is 10. The molecule has 3 aliphatic carbocycles. The topological polar surface area (TPSA) is 851 Å². The molecule has 2 bridgehead atoms. The maximum absolute atomic E-state index is 15.3. The van der Waals surface area contributed by atoms with Crippen LogP contribution in [0.2, 0.25) is 0 Å². The van der Waals surface area contributed by atoms with Crippen molar-refractivity contribution in [2.75, 3.05) is 19.7 Å². The normalized spacial score (nSPS) is 19.7. The Balaban J connectivity index is 0.000000511. The van der Waals surface area contributed by atoms with Crippen LogP contribution >= 0.6 is 0 Å². The van der Waals surface area contributed by atoms with Gasteiger partial charge in [-0.15, -0.1) is 0 Å². The number of nitrogens with zero attached hydrogens (tertiary/aromatic N) is 1. The summed E-state index contributed by atoms with van der Waals surface area (Å²) >= 11 is 0. The Morgan fingerprint density at radius 2 is 0.615 bits per heavy atom. The van der Waals surface area contributed by atoms with E-state index < -0.39 is 348 Å². The number of rotatable bonds is 23. The molecule has 51 nitrogen and oxygen atoms in total. The lowest BCUT2D eigenvalue weighted by molar-refractivity contribution is -0.282. The Hall–Kier alpha value is -19.4. The Bertz CT molecular complexity index is 7280. The van der Waals surface area contributed by atoms with Gasteiger partial charge in [-0.3, -0.25) is 4.90 Å². The number of likely N-dealkylation sites (tertiary alicyclic amines) is 1. The smallest absolute Gasteiger partial charge is 0.343 e. The van der Waals surface area contributed by atoms with Crippen LogP contribution in [0.5, 0.6) is 184 Å². The molecular weight excluding hydrogens is 1980 g/mol. The molecule has 51 heteroatoms. The predicted molar refractivity (Wildman–Crippen MR) is 478 cm³/mol. The van der Waals surface area contributed by atoms with Crippen LogP contribution in [0.4, 0.5) is 0 Å². The Kier molecular flexibility index (Phi) is 26.8. The number of piperidine rings is 1. The number of benzene rings is 11. The van der Waals surface area contributed by atoms with Gasteiger partial charge in [-0.25, -0.2) is 47.9 Å². The third kappa shape index (κ3) is 19.1. The van der Waals surface area contributed by atoms with Gasteiger partial charge in [-0.1, -0.05) is 12.5 Å². The molecule has 3 heterocycles. The number of aliphatic hydroxyl groups is 2. The summed E-state index contributed by atoms with van der Waals surface area (Å²) in [6.45, 7) is 0.308. The van der Waals surface area contributed by atoms with Crippen LogP contribution in [0, 0.1) is 5.92 Å². The van der Waals surface area contributed by atoms with Crippen LogP contribution in [0.25, 0.3) is 0 Å². The molecular formula is C97H79NO50. The Morgan fingerprint density at radius 3 is 0.932 bits per heavy atom. The van der Waals surface area contributed by atoms with Gasteiger partial charge < -0.3 is 200 Å². The zero-order chi connectivity index (χ0) is 107. The second-order valence-electron chi connectivity index (χ2n) is 34.4. The number of hydrogen-bond acceptors (Lipinski definition) is 51. The van der Waals surface area contributed by atoms with E-state index in [9.17, 15) is 177 Å². The second kappa shape index (κ2) is 39.1. The summed E-state index contributed by atoms with van der Waals surface area (Å²) in [7, 11) is 0. The molecule has 3 aliphatic heterocycles. The molecule has 0 amide bonds. The third-order valence-corrected chi connectivity index (χ3v) is 25.2. The minimum absolute atomic E-state index is 0.0819. The molecule has 148 heavy (non-hydrogen) atoms. The van der Waals surface area contributed by atoms with Gasteiger partial charge in [0, 0.05) is 18.2 Å². The van der Waals surface area contributed by atoms with Crippen molar-refractivity contribution in [1.82, 2.24) is 4.90 Å². The lowest BCUT2D eigenvalue weighted by Gasteiger charge is -2.64. The van der Waals surface area contributed by atoms with E-state index >= 15 is 14.4 Å². The molecule has 0 unspecified atom stereocenters. The fraction of sp³-hybridized carbons (Fsp3) is 0.216. The maximum Gasteiger partial charge on any atom is 0.343 e. The molecule has 2 saturated carbocycles. The molecule has 4 fully saturated rings. The molecule has 1 spiro atoms. The molecule has 10 atom stereocenters. The highest BCUT2D eigenvalue weighted by Crippen LogP contribution is 2.66. The molecule has 6 aliphatic rings. The predicted octanol–water partition coefficient (Wildman–Crippen LogP) is 6.55. The number of phenolic OH excluding ortho intramolecular Hbond substituents is 26. The maximum atomic E-state index is 15.3. The number of carbonyl (C=O) groups is 10. The van der Waals surface area contributed by atoms with E-state index in [1.165, 1.54) is 24.8 Å². The quantitative estimate of drug-likeness (QED) is 0.0140. The van der Waals surface area contributed by atoms with Crippen LogP contribution in [0.1, 0.15) is 153 Å². The zero-order valence-corrected chi connectivity index (χ0v) is 74.9. The Morgan fingerprint density at radius 1 is 0.324 bits per heavy atom. The standard InChI is InChI=1S/C76H52O46.C21H27NO4/c77-32-1-22(2-33(78)53(32)92)67(103)113-47-16-27(11-42(87)58(47)97)66(102)112-21-52-63(119-72(108)28-12-43(88)59(98)48(17-28)114-68(104)23-3-34(79)54(93)35(80)4-23)64(120-73(109)29-13-44(89)60(99)49(18-29)115-69(105)24-5-36(81)55(94)37(82)6-24)65(121-74(110)30-14-45(90)61(100)50(19-30)116-70(106)25-7-38(83)56(95)39(84)8-25)76(118-52)122-75(111)31-15-46(91)62(101)51(20-31)117-71(107)26-9-40(85)57(96)41(86)10-26;23-14-5-4-13-10-16-21(25)7-6-15(24)19-20(21,17(13)18(14)26-19)8-9-22(16)11-12-2-1-3-12/h1-20,52,63-65,76-101H,21H2;4-5,12,15-16,19,23-25H,1-3,6-11H2/t52-,63-,64+,65-,76+;15-,16+,19-,20-,21+/m10/s1. The average molecular weight is 2060 g/mol. The molecule has 17 rings (SSSR count). The van der Waals surface area contributed by atoms with Gasteiger partial charge in [0.25, 0.3) is 0 Å². The summed E-state index contributed by atoms with van der Waals surface area (Å²) in [5, 5.41) is 294. The van der Waals surface area contributed by atoms with Gasteiger partial charge in [0.05, 0.1) is 72.8 Å². The summed E-state index contributed by atoms with van der Waals surface area (Å²) in [6.07, 6.45) is -9.37. The minimum atomic E-state index is -3.12. The van der Waals surface area contributed by atoms with Crippen molar-refractivity contribution < 1.29 is 248 Å².